The van der Waals surface area contributed by atoms with Gasteiger partial charge in [-0.2, -0.15) is 0 Å². The summed E-state index contributed by atoms with van der Waals surface area (Å²) in [7, 11) is 4.15. The van der Waals surface area contributed by atoms with Crippen molar-refractivity contribution in [1.82, 2.24) is 10.6 Å². The van der Waals surface area contributed by atoms with E-state index in [0.717, 1.165) is 11.8 Å². The van der Waals surface area contributed by atoms with Crippen molar-refractivity contribution in [2.24, 2.45) is 11.8 Å². The summed E-state index contributed by atoms with van der Waals surface area (Å²) in [6, 6.07) is 0.669. The van der Waals surface area contributed by atoms with Gasteiger partial charge in [0.25, 0.3) is 0 Å². The van der Waals surface area contributed by atoms with E-state index in [-0.39, 0.29) is 0 Å². The third kappa shape index (κ3) is 2.39. The lowest BCUT2D eigenvalue weighted by atomic mass is 9.87. The SMILES string of the molecule is CCC(NC)C1C(C)CSC1NC. The second-order valence-electron chi connectivity index (χ2n) is 3.90. The molecule has 1 aliphatic rings. The fraction of sp³-hybridized carbons (Fsp3) is 1.00. The summed E-state index contributed by atoms with van der Waals surface area (Å²) in [5.41, 5.74) is 0. The summed E-state index contributed by atoms with van der Waals surface area (Å²) in [5.74, 6) is 2.92. The van der Waals surface area contributed by atoms with Crippen LogP contribution >= 0.6 is 11.8 Å². The fourth-order valence-electron chi connectivity index (χ4n) is 2.33. The third-order valence-corrected chi connectivity index (χ3v) is 4.73. The normalized spacial score (nSPS) is 36.5. The Kier molecular flexibility index (Phi) is 4.56. The van der Waals surface area contributed by atoms with E-state index in [9.17, 15) is 0 Å². The van der Waals surface area contributed by atoms with Crippen LogP contribution in [0.5, 0.6) is 0 Å². The van der Waals surface area contributed by atoms with Crippen molar-refractivity contribution in [3.8, 4) is 0 Å². The average molecular weight is 202 g/mol. The van der Waals surface area contributed by atoms with Crippen LogP contribution in [0, 0.1) is 11.8 Å². The number of hydrogen-bond donors (Lipinski definition) is 2. The van der Waals surface area contributed by atoms with Crippen molar-refractivity contribution < 1.29 is 0 Å². The van der Waals surface area contributed by atoms with Gasteiger partial charge in [-0.15, -0.1) is 11.8 Å². The van der Waals surface area contributed by atoms with Crippen LogP contribution in [0.15, 0.2) is 0 Å². The Morgan fingerprint density at radius 2 is 2.15 bits per heavy atom. The van der Waals surface area contributed by atoms with Gasteiger partial charge in [-0.1, -0.05) is 13.8 Å². The Morgan fingerprint density at radius 3 is 2.62 bits per heavy atom. The van der Waals surface area contributed by atoms with E-state index in [1.54, 1.807) is 0 Å². The summed E-state index contributed by atoms with van der Waals surface area (Å²) < 4.78 is 0. The lowest BCUT2D eigenvalue weighted by Gasteiger charge is -2.29. The van der Waals surface area contributed by atoms with Crippen LogP contribution in [-0.2, 0) is 0 Å². The van der Waals surface area contributed by atoms with Crippen molar-refractivity contribution in [1.29, 1.82) is 0 Å². The predicted octanol–water partition coefficient (Wildman–Crippen LogP) is 1.53. The molecule has 1 saturated heterocycles. The Bertz CT molecular complexity index is 148. The van der Waals surface area contributed by atoms with Crippen molar-refractivity contribution >= 4 is 11.8 Å². The van der Waals surface area contributed by atoms with E-state index in [0.29, 0.717) is 11.4 Å². The number of thioether (sulfide) groups is 1. The first-order valence-corrected chi connectivity index (χ1v) is 6.25. The zero-order valence-electron chi connectivity index (χ0n) is 9.13. The monoisotopic (exact) mass is 202 g/mol. The average Bonchev–Trinajstić information content (AvgIpc) is 2.51. The maximum atomic E-state index is 3.44. The molecule has 2 N–H and O–H groups in total. The maximum Gasteiger partial charge on any atom is 0.0576 e. The van der Waals surface area contributed by atoms with Crippen molar-refractivity contribution in [3.63, 3.8) is 0 Å². The molecule has 78 valence electrons. The minimum absolute atomic E-state index is 0.646. The topological polar surface area (TPSA) is 24.1 Å². The lowest BCUT2D eigenvalue weighted by Crippen LogP contribution is -2.43. The molecule has 4 unspecified atom stereocenters. The number of nitrogens with one attached hydrogen (secondary N) is 2. The Balaban J connectivity index is 2.61. The number of rotatable bonds is 4. The van der Waals surface area contributed by atoms with Gasteiger partial charge in [0.15, 0.2) is 0 Å². The second kappa shape index (κ2) is 5.23. The molecule has 4 atom stereocenters. The van der Waals surface area contributed by atoms with Crippen LogP contribution < -0.4 is 10.6 Å². The van der Waals surface area contributed by atoms with Crippen LogP contribution in [-0.4, -0.2) is 31.3 Å². The van der Waals surface area contributed by atoms with Gasteiger partial charge >= 0.3 is 0 Å². The van der Waals surface area contributed by atoms with Gasteiger partial charge in [-0.25, -0.2) is 0 Å². The van der Waals surface area contributed by atoms with Crippen molar-refractivity contribution in [2.45, 2.75) is 31.7 Å². The quantitative estimate of drug-likeness (QED) is 0.723. The summed E-state index contributed by atoms with van der Waals surface area (Å²) in [6.45, 7) is 4.64. The first-order chi connectivity index (χ1) is 6.24. The molecule has 3 heteroatoms. The standard InChI is InChI=1S/C10H22N2S/c1-5-8(11-3)9-7(2)6-13-10(9)12-4/h7-12H,5-6H2,1-4H3. The van der Waals surface area contributed by atoms with E-state index >= 15 is 0 Å². The van der Waals surface area contributed by atoms with Gasteiger partial charge in [-0.3, -0.25) is 0 Å². The molecule has 0 aromatic carbocycles. The predicted molar refractivity (Wildman–Crippen MR) is 61.1 cm³/mol. The molecular weight excluding hydrogens is 180 g/mol. The van der Waals surface area contributed by atoms with E-state index in [1.807, 2.05) is 0 Å². The summed E-state index contributed by atoms with van der Waals surface area (Å²) in [6.07, 6.45) is 1.23. The highest BCUT2D eigenvalue weighted by Crippen LogP contribution is 2.37. The molecule has 0 spiro atoms. The first kappa shape index (κ1) is 11.3. The van der Waals surface area contributed by atoms with E-state index < -0.39 is 0 Å². The minimum atomic E-state index is 0.646. The largest absolute Gasteiger partial charge is 0.317 e. The molecule has 1 aliphatic heterocycles. The first-order valence-electron chi connectivity index (χ1n) is 5.20. The van der Waals surface area contributed by atoms with E-state index in [2.05, 4.69) is 50.3 Å². The highest BCUT2D eigenvalue weighted by molar-refractivity contribution is 8.00. The zero-order valence-corrected chi connectivity index (χ0v) is 9.95. The highest BCUT2D eigenvalue weighted by Gasteiger charge is 2.37. The van der Waals surface area contributed by atoms with Crippen molar-refractivity contribution in [3.05, 3.63) is 0 Å². The molecule has 1 fully saturated rings. The maximum absolute atomic E-state index is 3.44. The highest BCUT2D eigenvalue weighted by atomic mass is 32.2. The molecule has 0 aromatic heterocycles. The summed E-state index contributed by atoms with van der Waals surface area (Å²) in [5, 5.41) is 7.50. The Hall–Kier alpha value is 0.270. The van der Waals surface area contributed by atoms with Gasteiger partial charge in [0.05, 0.1) is 5.37 Å². The smallest absolute Gasteiger partial charge is 0.0576 e. The molecule has 0 aliphatic carbocycles. The second-order valence-corrected chi connectivity index (χ2v) is 5.08. The van der Waals surface area contributed by atoms with Crippen LogP contribution in [0.25, 0.3) is 0 Å². The molecule has 1 rings (SSSR count). The molecule has 0 saturated carbocycles. The summed E-state index contributed by atoms with van der Waals surface area (Å²) >= 11 is 2.07. The van der Waals surface area contributed by atoms with Gasteiger partial charge in [0.2, 0.25) is 0 Å². The van der Waals surface area contributed by atoms with Crippen molar-refractivity contribution in [2.75, 3.05) is 19.8 Å². The fourth-order valence-corrected chi connectivity index (χ4v) is 3.91. The molecule has 1 heterocycles. The molecule has 2 nitrogen and oxygen atoms in total. The lowest BCUT2D eigenvalue weighted by molar-refractivity contribution is 0.278. The van der Waals surface area contributed by atoms with Crippen LogP contribution in [0.2, 0.25) is 0 Å². The Morgan fingerprint density at radius 1 is 1.46 bits per heavy atom. The van der Waals surface area contributed by atoms with Gasteiger partial charge in [0, 0.05) is 12.0 Å². The minimum Gasteiger partial charge on any atom is -0.317 e. The molecule has 0 radical (unpaired) electrons. The molecule has 13 heavy (non-hydrogen) atoms. The molecule has 0 amide bonds. The summed E-state index contributed by atoms with van der Waals surface area (Å²) in [4.78, 5) is 0. The Labute approximate surface area is 86.2 Å². The number of hydrogen-bond acceptors (Lipinski definition) is 3. The van der Waals surface area contributed by atoms with Crippen LogP contribution in [0.3, 0.4) is 0 Å². The van der Waals surface area contributed by atoms with Crippen LogP contribution in [0.1, 0.15) is 20.3 Å². The van der Waals surface area contributed by atoms with Gasteiger partial charge in [-0.05, 0) is 32.2 Å². The molecular formula is C10H22N2S. The van der Waals surface area contributed by atoms with Gasteiger partial charge < -0.3 is 10.6 Å². The van der Waals surface area contributed by atoms with Crippen LogP contribution in [0.4, 0.5) is 0 Å². The van der Waals surface area contributed by atoms with E-state index in [1.165, 1.54) is 12.2 Å². The zero-order chi connectivity index (χ0) is 9.84. The molecule has 0 bridgehead atoms. The van der Waals surface area contributed by atoms with Gasteiger partial charge in [0.1, 0.15) is 0 Å². The third-order valence-electron chi connectivity index (χ3n) is 3.11. The van der Waals surface area contributed by atoms with E-state index in [4.69, 9.17) is 0 Å². The molecule has 0 aromatic rings.